The lowest BCUT2D eigenvalue weighted by Crippen LogP contribution is -2.62. The minimum atomic E-state index is -0.196. The third-order valence-corrected chi connectivity index (χ3v) is 19.5. The van der Waals surface area contributed by atoms with E-state index in [9.17, 15) is 0 Å². The summed E-state index contributed by atoms with van der Waals surface area (Å²) in [6.07, 6.45) is 3.40. The Kier molecular flexibility index (Phi) is 12.3. The van der Waals surface area contributed by atoms with Crippen molar-refractivity contribution < 1.29 is 0 Å². The number of hydrogen-bond donors (Lipinski definition) is 0. The lowest BCUT2D eigenvalue weighted by molar-refractivity contribution is 0.332. The van der Waals surface area contributed by atoms with Crippen molar-refractivity contribution in [3.63, 3.8) is 0 Å². The summed E-state index contributed by atoms with van der Waals surface area (Å²) in [5.41, 5.74) is 29.4. The van der Waals surface area contributed by atoms with Crippen LogP contribution in [-0.2, 0) is 32.5 Å². The van der Waals surface area contributed by atoms with E-state index in [1.807, 2.05) is 0 Å². The largest absolute Gasteiger partial charge is 0.311 e. The molecule has 0 atom stereocenters. The molecule has 0 unspecified atom stereocenters. The highest BCUT2D eigenvalue weighted by Gasteiger charge is 2.48. The fourth-order valence-electron chi connectivity index (χ4n) is 15.0. The third-order valence-electron chi connectivity index (χ3n) is 19.5. The molecule has 0 N–H and O–H groups in total. The fourth-order valence-corrected chi connectivity index (χ4v) is 15.0. The predicted molar refractivity (Wildman–Crippen MR) is 354 cm³/mol. The molecule has 13 rings (SSSR count). The quantitative estimate of drug-likeness (QED) is 0.147. The van der Waals surface area contributed by atoms with Gasteiger partial charge in [-0.2, -0.15) is 0 Å². The van der Waals surface area contributed by atoms with E-state index >= 15 is 0 Å². The smallest absolute Gasteiger partial charge is 0.252 e. The monoisotopic (exact) mass is 1070 g/mol. The number of hydrogen-bond acceptors (Lipinski definition) is 3. The lowest BCUT2D eigenvalue weighted by Gasteiger charge is -2.48. The number of para-hydroxylation sites is 2. The summed E-state index contributed by atoms with van der Waals surface area (Å²) in [5.74, 6) is 0. The van der Waals surface area contributed by atoms with E-state index in [2.05, 4.69) is 307 Å². The van der Waals surface area contributed by atoms with Crippen LogP contribution in [0.4, 0.5) is 51.2 Å². The van der Waals surface area contributed by atoms with Gasteiger partial charge in [-0.1, -0.05) is 212 Å². The van der Waals surface area contributed by atoms with E-state index in [0.29, 0.717) is 0 Å². The van der Waals surface area contributed by atoms with Gasteiger partial charge in [-0.25, -0.2) is 0 Å². The Labute approximate surface area is 491 Å². The van der Waals surface area contributed by atoms with Gasteiger partial charge in [0.25, 0.3) is 6.71 Å². The predicted octanol–water partition coefficient (Wildman–Crippen LogP) is 19.8. The molecular formula is C78H82BN3. The van der Waals surface area contributed by atoms with Crippen LogP contribution in [0.15, 0.2) is 188 Å². The van der Waals surface area contributed by atoms with Gasteiger partial charge in [-0.05, 0) is 203 Å². The van der Waals surface area contributed by atoms with Gasteiger partial charge in [-0.3, -0.25) is 0 Å². The molecule has 4 aliphatic rings. The van der Waals surface area contributed by atoms with E-state index in [1.165, 1.54) is 112 Å². The lowest BCUT2D eigenvalue weighted by atomic mass is 9.33. The molecular weight excluding hydrogens is 990 g/mol. The van der Waals surface area contributed by atoms with E-state index in [0.717, 1.165) is 36.3 Å². The highest BCUT2D eigenvalue weighted by molar-refractivity contribution is 7.00. The first-order chi connectivity index (χ1) is 38.8. The molecule has 4 heteroatoms. The molecule has 0 amide bonds. The maximum atomic E-state index is 2.75. The zero-order valence-corrected chi connectivity index (χ0v) is 51.4. The molecule has 2 aliphatic carbocycles. The Hall–Kier alpha value is -7.56. The SMILES string of the molecule is Cc1ccc(-c2ccccc2)cc1N1c2cc(N(c3ccccc3)c3ccccc3)ccc2B2c3cc4c(cc3N(c3ccc(C(C)(C)C)cc3-c3ccc5c(c3)C(C)(C)CC5(C)C)c3cc(C(C)(C)C)cc1c32)C(C)(C)CCC4(C)C. The second-order valence-corrected chi connectivity index (χ2v) is 29.3. The minimum Gasteiger partial charge on any atom is -0.311 e. The number of anilines is 9. The molecule has 0 saturated heterocycles. The van der Waals surface area contributed by atoms with E-state index in [1.54, 1.807) is 0 Å². The molecule has 0 spiro atoms. The normalized spacial score (nSPS) is 16.9. The standard InChI is InChI=1S/C78H82BN3/c1-50-31-32-52(51-25-19-16-20-26-51)42-67(50)82-68-46-58(80(56-27-21-17-22-28-56)57-29-23-18-24-30-57)35-37-64(68)79-65-47-62-63(76(10,11)40-39-75(62,8)9)48-69(65)81(70-44-55(74(5,6)7)45-71(82)72(70)79)66-38-34-54(73(2,3)4)43-59(66)53-33-36-60-61(41-53)78(14,15)49-77(60,12)13/h16-38,41-48H,39-40,49H2,1-15H3. The van der Waals surface area contributed by atoms with Crippen LogP contribution >= 0.6 is 0 Å². The summed E-state index contributed by atoms with van der Waals surface area (Å²) in [5, 5.41) is 0. The molecule has 82 heavy (non-hydrogen) atoms. The third kappa shape index (κ3) is 8.76. The van der Waals surface area contributed by atoms with Crippen LogP contribution in [-0.4, -0.2) is 6.71 Å². The molecule has 2 heterocycles. The van der Waals surface area contributed by atoms with Crippen molar-refractivity contribution >= 4 is 74.3 Å². The van der Waals surface area contributed by atoms with Gasteiger partial charge in [0.2, 0.25) is 0 Å². The van der Waals surface area contributed by atoms with E-state index in [4.69, 9.17) is 0 Å². The second-order valence-electron chi connectivity index (χ2n) is 29.3. The molecule has 0 fully saturated rings. The van der Waals surface area contributed by atoms with Crippen LogP contribution in [0.2, 0.25) is 0 Å². The molecule has 412 valence electrons. The van der Waals surface area contributed by atoms with Crippen LogP contribution in [0.5, 0.6) is 0 Å². The van der Waals surface area contributed by atoms with Crippen LogP contribution < -0.4 is 31.1 Å². The number of benzene rings is 9. The van der Waals surface area contributed by atoms with E-state index in [-0.39, 0.29) is 39.2 Å². The van der Waals surface area contributed by atoms with Gasteiger partial charge in [0.15, 0.2) is 0 Å². The number of nitrogens with zero attached hydrogens (tertiary/aromatic N) is 3. The first-order valence-corrected chi connectivity index (χ1v) is 30.3. The van der Waals surface area contributed by atoms with Crippen LogP contribution in [0.25, 0.3) is 22.3 Å². The zero-order valence-electron chi connectivity index (χ0n) is 51.4. The first kappa shape index (κ1) is 53.7. The highest BCUT2D eigenvalue weighted by atomic mass is 15.2. The summed E-state index contributed by atoms with van der Waals surface area (Å²) < 4.78 is 0. The number of fused-ring (bicyclic) bond motifs is 6. The Bertz CT molecular complexity index is 3960. The van der Waals surface area contributed by atoms with Gasteiger partial charge >= 0.3 is 0 Å². The molecule has 9 aromatic carbocycles. The first-order valence-electron chi connectivity index (χ1n) is 30.3. The molecule has 0 saturated carbocycles. The Morgan fingerprint density at radius 2 is 0.915 bits per heavy atom. The van der Waals surface area contributed by atoms with Gasteiger partial charge in [0.1, 0.15) is 0 Å². The molecule has 0 radical (unpaired) electrons. The molecule has 0 bridgehead atoms. The van der Waals surface area contributed by atoms with Crippen molar-refractivity contribution in [3.8, 4) is 22.3 Å². The van der Waals surface area contributed by atoms with Crippen molar-refractivity contribution in [3.05, 3.63) is 227 Å². The summed E-state index contributed by atoms with van der Waals surface area (Å²) in [6, 6.07) is 72.7. The Morgan fingerprint density at radius 3 is 1.52 bits per heavy atom. The summed E-state index contributed by atoms with van der Waals surface area (Å²) >= 11 is 0. The zero-order chi connectivity index (χ0) is 57.6. The number of rotatable bonds is 7. The van der Waals surface area contributed by atoms with Crippen molar-refractivity contribution in [2.45, 2.75) is 156 Å². The summed E-state index contributed by atoms with van der Waals surface area (Å²) in [6.45, 7) is 36.3. The van der Waals surface area contributed by atoms with Gasteiger partial charge in [0.05, 0.1) is 5.69 Å². The molecule has 9 aromatic rings. The van der Waals surface area contributed by atoms with Gasteiger partial charge in [0, 0.05) is 51.1 Å². The average molecular weight is 1070 g/mol. The maximum absolute atomic E-state index is 2.75. The van der Waals surface area contributed by atoms with E-state index < -0.39 is 0 Å². The summed E-state index contributed by atoms with van der Waals surface area (Å²) in [4.78, 5) is 7.85. The Morgan fingerprint density at radius 1 is 0.378 bits per heavy atom. The highest BCUT2D eigenvalue weighted by Crippen LogP contribution is 2.55. The number of aryl methyl sites for hydroxylation is 1. The average Bonchev–Trinajstić information content (AvgIpc) is 2.19. The van der Waals surface area contributed by atoms with Crippen molar-refractivity contribution in [2.24, 2.45) is 0 Å². The maximum Gasteiger partial charge on any atom is 0.252 e. The summed E-state index contributed by atoms with van der Waals surface area (Å²) in [7, 11) is 0. The van der Waals surface area contributed by atoms with Crippen LogP contribution in [0.3, 0.4) is 0 Å². The molecule has 3 nitrogen and oxygen atoms in total. The van der Waals surface area contributed by atoms with Crippen molar-refractivity contribution in [1.29, 1.82) is 0 Å². The fraction of sp³-hybridized carbons (Fsp3) is 0.308. The van der Waals surface area contributed by atoms with Gasteiger partial charge in [-0.15, -0.1) is 0 Å². The van der Waals surface area contributed by atoms with Crippen LogP contribution in [0.1, 0.15) is 155 Å². The van der Waals surface area contributed by atoms with Crippen LogP contribution in [0, 0.1) is 6.92 Å². The minimum absolute atomic E-state index is 0.0112. The van der Waals surface area contributed by atoms with Gasteiger partial charge < -0.3 is 14.7 Å². The van der Waals surface area contributed by atoms with Crippen molar-refractivity contribution in [2.75, 3.05) is 14.7 Å². The Balaban J connectivity index is 1.17. The van der Waals surface area contributed by atoms with Crippen molar-refractivity contribution in [1.82, 2.24) is 0 Å². The molecule has 2 aliphatic heterocycles. The second kappa shape index (κ2) is 18.7. The molecule has 0 aromatic heterocycles. The topological polar surface area (TPSA) is 9.72 Å².